The van der Waals surface area contributed by atoms with Crippen LogP contribution in [0.1, 0.15) is 42.6 Å². The van der Waals surface area contributed by atoms with Gasteiger partial charge in [0.15, 0.2) is 17.3 Å². The highest BCUT2D eigenvalue weighted by Crippen LogP contribution is 2.23. The summed E-state index contributed by atoms with van der Waals surface area (Å²) in [6.07, 6.45) is 7.34. The van der Waals surface area contributed by atoms with Gasteiger partial charge < -0.3 is 14.8 Å². The SMILES string of the molecule is O=C(O)c1cc(NC2CCCCC2)nc(-c2ccco2)n1. The predicted octanol–water partition coefficient (Wildman–Crippen LogP) is 3.18. The molecule has 2 aromatic heterocycles. The van der Waals surface area contributed by atoms with Gasteiger partial charge in [-0.2, -0.15) is 0 Å². The average molecular weight is 287 g/mol. The molecule has 0 bridgehead atoms. The van der Waals surface area contributed by atoms with Crippen LogP contribution >= 0.6 is 0 Å². The van der Waals surface area contributed by atoms with E-state index in [1.165, 1.54) is 31.6 Å². The number of rotatable bonds is 4. The van der Waals surface area contributed by atoms with Gasteiger partial charge in [0.2, 0.25) is 0 Å². The fourth-order valence-electron chi connectivity index (χ4n) is 2.60. The highest BCUT2D eigenvalue weighted by molar-refractivity contribution is 5.86. The third kappa shape index (κ3) is 3.21. The molecule has 21 heavy (non-hydrogen) atoms. The van der Waals surface area contributed by atoms with E-state index in [0.29, 0.717) is 23.4 Å². The normalized spacial score (nSPS) is 15.8. The lowest BCUT2D eigenvalue weighted by molar-refractivity contribution is 0.0690. The van der Waals surface area contributed by atoms with Crippen molar-refractivity contribution in [3.63, 3.8) is 0 Å². The second-order valence-corrected chi connectivity index (χ2v) is 5.22. The molecule has 2 N–H and O–H groups in total. The Balaban J connectivity index is 1.89. The summed E-state index contributed by atoms with van der Waals surface area (Å²) < 4.78 is 5.25. The Morgan fingerprint density at radius 1 is 1.29 bits per heavy atom. The van der Waals surface area contributed by atoms with Gasteiger partial charge in [-0.15, -0.1) is 0 Å². The molecule has 0 radical (unpaired) electrons. The van der Waals surface area contributed by atoms with Crippen LogP contribution in [0, 0.1) is 0 Å². The molecule has 2 heterocycles. The Kier molecular flexibility index (Phi) is 3.85. The van der Waals surface area contributed by atoms with Crippen LogP contribution in [0.2, 0.25) is 0 Å². The zero-order valence-corrected chi connectivity index (χ0v) is 11.6. The van der Waals surface area contributed by atoms with Crippen LogP contribution in [0.4, 0.5) is 5.82 Å². The van der Waals surface area contributed by atoms with Crippen molar-refractivity contribution in [3.05, 3.63) is 30.2 Å². The first-order valence-corrected chi connectivity index (χ1v) is 7.15. The molecule has 0 aromatic carbocycles. The van der Waals surface area contributed by atoms with Crippen molar-refractivity contribution in [2.45, 2.75) is 38.1 Å². The third-order valence-corrected chi connectivity index (χ3v) is 3.64. The number of aromatic carboxylic acids is 1. The van der Waals surface area contributed by atoms with Crippen molar-refractivity contribution in [3.8, 4) is 11.6 Å². The predicted molar refractivity (Wildman–Crippen MR) is 77.2 cm³/mol. The lowest BCUT2D eigenvalue weighted by Crippen LogP contribution is -2.23. The second-order valence-electron chi connectivity index (χ2n) is 5.22. The molecular weight excluding hydrogens is 270 g/mol. The number of carbonyl (C=O) groups is 1. The minimum atomic E-state index is -1.07. The zero-order valence-electron chi connectivity index (χ0n) is 11.6. The molecule has 0 unspecified atom stereocenters. The standard InChI is InChI=1S/C15H17N3O3/c19-15(20)11-9-13(16-10-5-2-1-3-6-10)18-14(17-11)12-7-4-8-21-12/h4,7-10H,1-3,5-6H2,(H,19,20)(H,16,17,18). The summed E-state index contributed by atoms with van der Waals surface area (Å²) in [5, 5.41) is 12.5. The van der Waals surface area contributed by atoms with Crippen molar-refractivity contribution in [2.24, 2.45) is 0 Å². The van der Waals surface area contributed by atoms with Gasteiger partial charge in [0, 0.05) is 12.1 Å². The molecule has 2 aromatic rings. The van der Waals surface area contributed by atoms with Crippen LogP contribution in [0.25, 0.3) is 11.6 Å². The molecule has 110 valence electrons. The smallest absolute Gasteiger partial charge is 0.354 e. The van der Waals surface area contributed by atoms with E-state index in [9.17, 15) is 9.90 Å². The first-order valence-electron chi connectivity index (χ1n) is 7.15. The van der Waals surface area contributed by atoms with Gasteiger partial charge in [0.25, 0.3) is 0 Å². The maximum Gasteiger partial charge on any atom is 0.354 e. The summed E-state index contributed by atoms with van der Waals surface area (Å²) >= 11 is 0. The number of anilines is 1. The minimum absolute atomic E-state index is 0.0327. The topological polar surface area (TPSA) is 88.2 Å². The molecule has 1 aliphatic carbocycles. The Hall–Kier alpha value is -2.37. The summed E-state index contributed by atoms with van der Waals surface area (Å²) in [6.45, 7) is 0. The molecule has 3 rings (SSSR count). The number of carboxylic acid groups (broad SMARTS) is 1. The molecule has 6 heteroatoms. The Morgan fingerprint density at radius 3 is 2.76 bits per heavy atom. The van der Waals surface area contributed by atoms with Crippen molar-refractivity contribution in [1.82, 2.24) is 9.97 Å². The molecule has 0 amide bonds. The van der Waals surface area contributed by atoms with E-state index < -0.39 is 5.97 Å². The van der Waals surface area contributed by atoms with Gasteiger partial charge >= 0.3 is 5.97 Å². The lowest BCUT2D eigenvalue weighted by atomic mass is 9.95. The molecule has 0 aliphatic heterocycles. The van der Waals surface area contributed by atoms with Gasteiger partial charge in [-0.25, -0.2) is 14.8 Å². The van der Waals surface area contributed by atoms with Crippen molar-refractivity contribution < 1.29 is 14.3 Å². The summed E-state index contributed by atoms with van der Waals surface area (Å²) in [4.78, 5) is 19.6. The molecular formula is C15H17N3O3. The summed E-state index contributed by atoms with van der Waals surface area (Å²) in [5.41, 5.74) is -0.0327. The maximum absolute atomic E-state index is 11.2. The van der Waals surface area contributed by atoms with Crippen LogP contribution in [0.5, 0.6) is 0 Å². The van der Waals surface area contributed by atoms with Gasteiger partial charge in [0.1, 0.15) is 5.82 Å². The number of furan rings is 1. The first kappa shape index (κ1) is 13.6. The fraction of sp³-hybridized carbons (Fsp3) is 0.400. The van der Waals surface area contributed by atoms with Gasteiger partial charge in [-0.3, -0.25) is 0 Å². The maximum atomic E-state index is 11.2. The van der Waals surface area contributed by atoms with Crippen LogP contribution in [0.15, 0.2) is 28.9 Å². The number of nitrogens with zero attached hydrogens (tertiary/aromatic N) is 2. The number of hydrogen-bond donors (Lipinski definition) is 2. The minimum Gasteiger partial charge on any atom is -0.477 e. The van der Waals surface area contributed by atoms with E-state index in [1.54, 1.807) is 12.1 Å². The highest BCUT2D eigenvalue weighted by Gasteiger charge is 2.17. The molecule has 0 atom stereocenters. The molecule has 0 saturated heterocycles. The van der Waals surface area contributed by atoms with Crippen LogP contribution in [-0.2, 0) is 0 Å². The van der Waals surface area contributed by atoms with E-state index in [4.69, 9.17) is 4.42 Å². The van der Waals surface area contributed by atoms with Crippen molar-refractivity contribution in [1.29, 1.82) is 0 Å². The monoisotopic (exact) mass is 287 g/mol. The fourth-order valence-corrected chi connectivity index (χ4v) is 2.60. The molecule has 0 spiro atoms. The second kappa shape index (κ2) is 5.95. The van der Waals surface area contributed by atoms with E-state index in [-0.39, 0.29) is 5.69 Å². The molecule has 1 fully saturated rings. The van der Waals surface area contributed by atoms with Crippen LogP contribution in [-0.4, -0.2) is 27.1 Å². The molecule has 1 aliphatic rings. The van der Waals surface area contributed by atoms with Gasteiger partial charge in [-0.1, -0.05) is 19.3 Å². The summed E-state index contributed by atoms with van der Waals surface area (Å²) in [5.74, 6) is 0.223. The molecule has 1 saturated carbocycles. The van der Waals surface area contributed by atoms with Crippen LogP contribution in [0.3, 0.4) is 0 Å². The lowest BCUT2D eigenvalue weighted by Gasteiger charge is -2.23. The van der Waals surface area contributed by atoms with Crippen molar-refractivity contribution >= 4 is 11.8 Å². The number of aromatic nitrogens is 2. The Bertz CT molecular complexity index is 619. The number of carboxylic acids is 1. The van der Waals surface area contributed by atoms with Gasteiger partial charge in [0.05, 0.1) is 6.26 Å². The quantitative estimate of drug-likeness (QED) is 0.897. The average Bonchev–Trinajstić information content (AvgIpc) is 3.02. The van der Waals surface area contributed by atoms with Crippen molar-refractivity contribution in [2.75, 3.05) is 5.32 Å². The Labute approximate surface area is 122 Å². The first-order chi connectivity index (χ1) is 10.2. The largest absolute Gasteiger partial charge is 0.477 e. The summed E-state index contributed by atoms with van der Waals surface area (Å²) in [6, 6.07) is 5.26. The number of hydrogen-bond acceptors (Lipinski definition) is 5. The van der Waals surface area contributed by atoms with E-state index in [1.807, 2.05) is 0 Å². The molecule has 6 nitrogen and oxygen atoms in total. The summed E-state index contributed by atoms with van der Waals surface area (Å²) in [7, 11) is 0. The Morgan fingerprint density at radius 2 is 2.10 bits per heavy atom. The van der Waals surface area contributed by atoms with E-state index in [2.05, 4.69) is 15.3 Å². The third-order valence-electron chi connectivity index (χ3n) is 3.64. The highest BCUT2D eigenvalue weighted by atomic mass is 16.4. The zero-order chi connectivity index (χ0) is 14.7. The van der Waals surface area contributed by atoms with Gasteiger partial charge in [-0.05, 0) is 25.0 Å². The number of nitrogens with one attached hydrogen (secondary N) is 1. The van der Waals surface area contributed by atoms with Crippen LogP contribution < -0.4 is 5.32 Å². The van der Waals surface area contributed by atoms with E-state index >= 15 is 0 Å². The van der Waals surface area contributed by atoms with E-state index in [0.717, 1.165) is 12.8 Å².